The highest BCUT2D eigenvalue weighted by molar-refractivity contribution is 7.10. The van der Waals surface area contributed by atoms with E-state index in [0.29, 0.717) is 6.42 Å². The highest BCUT2D eigenvalue weighted by Gasteiger charge is 2.45. The number of thiophene rings is 1. The van der Waals surface area contributed by atoms with Crippen molar-refractivity contribution in [1.82, 2.24) is 15.1 Å². The van der Waals surface area contributed by atoms with Crippen LogP contribution in [-0.2, 0) is 9.59 Å². The third-order valence-corrected chi connectivity index (χ3v) is 5.61. The van der Waals surface area contributed by atoms with Crippen molar-refractivity contribution < 1.29 is 9.59 Å². The van der Waals surface area contributed by atoms with E-state index in [0.717, 1.165) is 24.4 Å². The molecular formula is C15H21N3O2S. The first-order chi connectivity index (χ1) is 10.1. The Kier molecular flexibility index (Phi) is 3.99. The van der Waals surface area contributed by atoms with E-state index < -0.39 is 0 Å². The zero-order valence-electron chi connectivity index (χ0n) is 12.4. The first kappa shape index (κ1) is 14.5. The van der Waals surface area contributed by atoms with Gasteiger partial charge >= 0.3 is 0 Å². The Morgan fingerprint density at radius 3 is 2.95 bits per heavy atom. The summed E-state index contributed by atoms with van der Waals surface area (Å²) in [6.07, 6.45) is 1.31. The number of amides is 2. The van der Waals surface area contributed by atoms with Gasteiger partial charge in [0.25, 0.3) is 0 Å². The molecule has 3 rings (SSSR count). The lowest BCUT2D eigenvalue weighted by Crippen LogP contribution is -2.43. The van der Waals surface area contributed by atoms with Gasteiger partial charge in [0.2, 0.25) is 11.8 Å². The molecule has 21 heavy (non-hydrogen) atoms. The lowest BCUT2D eigenvalue weighted by Gasteiger charge is -2.30. The van der Waals surface area contributed by atoms with Crippen LogP contribution < -0.4 is 5.32 Å². The Bertz CT molecular complexity index is 525. The molecule has 2 aliphatic heterocycles. The zero-order valence-corrected chi connectivity index (χ0v) is 13.2. The first-order valence-electron chi connectivity index (χ1n) is 7.36. The van der Waals surface area contributed by atoms with Crippen molar-refractivity contribution in [1.29, 1.82) is 0 Å². The molecule has 2 saturated heterocycles. The van der Waals surface area contributed by atoms with Crippen molar-refractivity contribution in [3.63, 3.8) is 0 Å². The SMILES string of the molecule is CN(C(=O)[C@@H]1CC(=O)N(C)[C@H]1c1cccs1)[C@H]1CCNC1. The van der Waals surface area contributed by atoms with E-state index in [4.69, 9.17) is 0 Å². The number of hydrogen-bond acceptors (Lipinski definition) is 4. The van der Waals surface area contributed by atoms with Crippen LogP contribution in [0.1, 0.15) is 23.8 Å². The molecule has 1 aromatic rings. The average Bonchev–Trinajstić information content (AvgIpc) is 3.19. The van der Waals surface area contributed by atoms with E-state index in [9.17, 15) is 9.59 Å². The number of nitrogens with one attached hydrogen (secondary N) is 1. The summed E-state index contributed by atoms with van der Waals surface area (Å²) in [5, 5.41) is 5.28. The summed E-state index contributed by atoms with van der Waals surface area (Å²) in [6.45, 7) is 1.81. The standard InChI is InChI=1S/C15H21N3O2S/c1-17(10-5-6-16-9-10)15(20)11-8-13(19)18(2)14(11)12-4-3-7-21-12/h3-4,7,10-11,14,16H,5-6,8-9H2,1-2H3/t10-,11+,14+/m0/s1. The second-order valence-corrected chi connectivity index (χ2v) is 6.85. The molecule has 2 aliphatic rings. The zero-order chi connectivity index (χ0) is 15.0. The van der Waals surface area contributed by atoms with Crippen molar-refractivity contribution >= 4 is 23.2 Å². The van der Waals surface area contributed by atoms with Crippen LogP contribution in [0.2, 0.25) is 0 Å². The van der Waals surface area contributed by atoms with Crippen LogP contribution in [0.15, 0.2) is 17.5 Å². The fourth-order valence-electron chi connectivity index (χ4n) is 3.35. The van der Waals surface area contributed by atoms with E-state index in [-0.39, 0.29) is 29.8 Å². The second-order valence-electron chi connectivity index (χ2n) is 5.87. The Morgan fingerprint density at radius 1 is 1.52 bits per heavy atom. The summed E-state index contributed by atoms with van der Waals surface area (Å²) >= 11 is 1.61. The Morgan fingerprint density at radius 2 is 2.33 bits per heavy atom. The molecule has 6 heteroatoms. The maximum Gasteiger partial charge on any atom is 0.228 e. The summed E-state index contributed by atoms with van der Waals surface area (Å²) in [7, 11) is 3.67. The van der Waals surface area contributed by atoms with E-state index in [1.807, 2.05) is 29.5 Å². The molecule has 0 radical (unpaired) electrons. The quantitative estimate of drug-likeness (QED) is 0.909. The van der Waals surface area contributed by atoms with Crippen LogP contribution in [0, 0.1) is 5.92 Å². The van der Waals surface area contributed by atoms with Crippen molar-refractivity contribution in [3.05, 3.63) is 22.4 Å². The monoisotopic (exact) mass is 307 g/mol. The highest BCUT2D eigenvalue weighted by Crippen LogP contribution is 2.40. The summed E-state index contributed by atoms with van der Waals surface area (Å²) in [6, 6.07) is 4.13. The van der Waals surface area contributed by atoms with Gasteiger partial charge in [0, 0.05) is 38.0 Å². The first-order valence-corrected chi connectivity index (χ1v) is 8.24. The summed E-state index contributed by atoms with van der Waals surface area (Å²) in [5.41, 5.74) is 0. The number of likely N-dealkylation sites (N-methyl/N-ethyl adjacent to an activating group) is 1. The van der Waals surface area contributed by atoms with Crippen molar-refractivity contribution in [2.75, 3.05) is 27.2 Å². The molecule has 2 amide bonds. The number of likely N-dealkylation sites (tertiary alicyclic amines) is 1. The van der Waals surface area contributed by atoms with Gasteiger partial charge in [0.05, 0.1) is 12.0 Å². The van der Waals surface area contributed by atoms with Gasteiger partial charge in [-0.15, -0.1) is 11.3 Å². The molecule has 0 spiro atoms. The predicted molar refractivity (Wildman–Crippen MR) is 82.0 cm³/mol. The molecule has 0 saturated carbocycles. The van der Waals surface area contributed by atoms with Crippen LogP contribution in [0.5, 0.6) is 0 Å². The summed E-state index contributed by atoms with van der Waals surface area (Å²) in [4.78, 5) is 29.6. The normalized spacial score (nSPS) is 29.1. The molecule has 0 aliphatic carbocycles. The van der Waals surface area contributed by atoms with Gasteiger partial charge in [-0.25, -0.2) is 0 Å². The summed E-state index contributed by atoms with van der Waals surface area (Å²) < 4.78 is 0. The minimum absolute atomic E-state index is 0.0599. The average molecular weight is 307 g/mol. The Hall–Kier alpha value is -1.40. The minimum Gasteiger partial charge on any atom is -0.341 e. The molecule has 114 valence electrons. The van der Waals surface area contributed by atoms with Gasteiger partial charge in [-0.3, -0.25) is 9.59 Å². The molecule has 0 unspecified atom stereocenters. The largest absolute Gasteiger partial charge is 0.341 e. The molecule has 5 nitrogen and oxygen atoms in total. The number of carbonyl (C=O) groups excluding carboxylic acids is 2. The number of carbonyl (C=O) groups is 2. The van der Waals surface area contributed by atoms with E-state index >= 15 is 0 Å². The molecular weight excluding hydrogens is 286 g/mol. The third-order valence-electron chi connectivity index (χ3n) is 4.67. The van der Waals surface area contributed by atoms with Gasteiger partial charge in [0.1, 0.15) is 0 Å². The highest BCUT2D eigenvalue weighted by atomic mass is 32.1. The van der Waals surface area contributed by atoms with Crippen LogP contribution in [0.4, 0.5) is 0 Å². The summed E-state index contributed by atoms with van der Waals surface area (Å²) in [5.74, 6) is -0.101. The number of rotatable bonds is 3. The fraction of sp³-hybridized carbons (Fsp3) is 0.600. The predicted octanol–water partition coefficient (Wildman–Crippen LogP) is 1.09. The minimum atomic E-state index is -0.258. The molecule has 3 heterocycles. The van der Waals surface area contributed by atoms with Crippen LogP contribution in [0.3, 0.4) is 0 Å². The number of hydrogen-bond donors (Lipinski definition) is 1. The molecule has 0 bridgehead atoms. The van der Waals surface area contributed by atoms with Crippen molar-refractivity contribution in [3.8, 4) is 0 Å². The van der Waals surface area contributed by atoms with Crippen LogP contribution >= 0.6 is 11.3 Å². The van der Waals surface area contributed by atoms with Gasteiger partial charge < -0.3 is 15.1 Å². The maximum atomic E-state index is 12.9. The molecule has 2 fully saturated rings. The maximum absolute atomic E-state index is 12.9. The van der Waals surface area contributed by atoms with Gasteiger partial charge in [0.15, 0.2) is 0 Å². The smallest absolute Gasteiger partial charge is 0.228 e. The van der Waals surface area contributed by atoms with Gasteiger partial charge in [-0.1, -0.05) is 6.07 Å². The molecule has 1 aromatic heterocycles. The van der Waals surface area contributed by atoms with Crippen molar-refractivity contribution in [2.24, 2.45) is 5.92 Å². The topological polar surface area (TPSA) is 52.7 Å². The van der Waals surface area contributed by atoms with Crippen molar-refractivity contribution in [2.45, 2.75) is 24.9 Å². The molecule has 1 N–H and O–H groups in total. The van der Waals surface area contributed by atoms with E-state index in [2.05, 4.69) is 5.32 Å². The lowest BCUT2D eigenvalue weighted by atomic mass is 9.96. The van der Waals surface area contributed by atoms with E-state index in [1.54, 1.807) is 23.3 Å². The second kappa shape index (κ2) is 5.77. The Labute approximate surface area is 128 Å². The van der Waals surface area contributed by atoms with Crippen LogP contribution in [-0.4, -0.2) is 54.8 Å². The molecule has 3 atom stereocenters. The lowest BCUT2D eigenvalue weighted by molar-refractivity contribution is -0.137. The van der Waals surface area contributed by atoms with E-state index in [1.165, 1.54) is 0 Å². The van der Waals surface area contributed by atoms with Gasteiger partial charge in [-0.2, -0.15) is 0 Å². The third kappa shape index (κ3) is 2.58. The Balaban J connectivity index is 1.81. The van der Waals surface area contributed by atoms with Crippen LogP contribution in [0.25, 0.3) is 0 Å². The van der Waals surface area contributed by atoms with Gasteiger partial charge in [-0.05, 0) is 24.4 Å². The molecule has 0 aromatic carbocycles. The number of nitrogens with zero attached hydrogens (tertiary/aromatic N) is 2. The fourth-order valence-corrected chi connectivity index (χ4v) is 4.28.